The molecule has 4 heteroatoms. The zero-order chi connectivity index (χ0) is 13.0. The van der Waals surface area contributed by atoms with Crippen LogP contribution in [-0.4, -0.2) is 14.8 Å². The molecule has 0 N–H and O–H groups in total. The molecule has 0 aliphatic rings. The topological polar surface area (TPSA) is 30.7 Å². The van der Waals surface area contributed by atoms with Crippen LogP contribution in [-0.2, 0) is 18.8 Å². The van der Waals surface area contributed by atoms with Crippen molar-refractivity contribution in [2.75, 3.05) is 0 Å². The summed E-state index contributed by atoms with van der Waals surface area (Å²) in [6, 6.07) is 10.3. The predicted molar refractivity (Wildman–Crippen MR) is 73.7 cm³/mol. The average Bonchev–Trinajstić information content (AvgIpc) is 2.72. The van der Waals surface area contributed by atoms with Crippen molar-refractivity contribution in [3.8, 4) is 0 Å². The van der Waals surface area contributed by atoms with Crippen molar-refractivity contribution in [1.29, 1.82) is 0 Å². The molecule has 0 amide bonds. The van der Waals surface area contributed by atoms with Gasteiger partial charge in [-0.25, -0.2) is 0 Å². The Kier molecular flexibility index (Phi) is 4.37. The van der Waals surface area contributed by atoms with E-state index in [1.54, 1.807) is 0 Å². The van der Waals surface area contributed by atoms with Gasteiger partial charge in [-0.2, -0.15) is 0 Å². The lowest BCUT2D eigenvalue weighted by molar-refractivity contribution is 0.499. The van der Waals surface area contributed by atoms with Crippen molar-refractivity contribution in [2.45, 2.75) is 32.7 Å². The largest absolute Gasteiger partial charge is 0.313 e. The highest BCUT2D eigenvalue weighted by molar-refractivity contribution is 6.16. The second-order valence-electron chi connectivity index (χ2n) is 4.83. The van der Waals surface area contributed by atoms with Gasteiger partial charge in [-0.1, -0.05) is 44.2 Å². The zero-order valence-electron chi connectivity index (χ0n) is 10.8. The SMILES string of the molecule is CC(C)Cn1c(CCl)nnc1Cc1ccccc1. The highest BCUT2D eigenvalue weighted by Gasteiger charge is 2.12. The van der Waals surface area contributed by atoms with E-state index in [0.717, 1.165) is 24.6 Å². The Morgan fingerprint density at radius 2 is 1.78 bits per heavy atom. The monoisotopic (exact) mass is 263 g/mol. The lowest BCUT2D eigenvalue weighted by atomic mass is 10.1. The Morgan fingerprint density at radius 1 is 1.11 bits per heavy atom. The van der Waals surface area contributed by atoms with E-state index >= 15 is 0 Å². The fourth-order valence-electron chi connectivity index (χ4n) is 1.96. The molecule has 0 unspecified atom stereocenters. The molecular formula is C14H18ClN3. The number of aromatic nitrogens is 3. The fourth-order valence-corrected chi connectivity index (χ4v) is 2.15. The number of alkyl halides is 1. The van der Waals surface area contributed by atoms with Crippen LogP contribution in [0.15, 0.2) is 30.3 Å². The van der Waals surface area contributed by atoms with Gasteiger partial charge in [-0.3, -0.25) is 0 Å². The first-order valence-electron chi connectivity index (χ1n) is 6.21. The van der Waals surface area contributed by atoms with Crippen LogP contribution in [0, 0.1) is 5.92 Å². The zero-order valence-corrected chi connectivity index (χ0v) is 11.6. The summed E-state index contributed by atoms with van der Waals surface area (Å²) >= 11 is 5.91. The third kappa shape index (κ3) is 3.10. The van der Waals surface area contributed by atoms with Gasteiger partial charge in [0.1, 0.15) is 11.6 Å². The van der Waals surface area contributed by atoms with Crippen LogP contribution in [0.5, 0.6) is 0 Å². The molecule has 1 aromatic heterocycles. The van der Waals surface area contributed by atoms with E-state index in [-0.39, 0.29) is 0 Å². The molecule has 1 heterocycles. The predicted octanol–water partition coefficient (Wildman–Crippen LogP) is 3.26. The summed E-state index contributed by atoms with van der Waals surface area (Å²) < 4.78 is 2.14. The van der Waals surface area contributed by atoms with E-state index in [4.69, 9.17) is 11.6 Å². The van der Waals surface area contributed by atoms with Crippen molar-refractivity contribution in [3.63, 3.8) is 0 Å². The smallest absolute Gasteiger partial charge is 0.147 e. The van der Waals surface area contributed by atoms with Gasteiger partial charge in [0, 0.05) is 13.0 Å². The quantitative estimate of drug-likeness (QED) is 0.776. The molecule has 0 fully saturated rings. The van der Waals surface area contributed by atoms with Crippen LogP contribution < -0.4 is 0 Å². The van der Waals surface area contributed by atoms with E-state index in [9.17, 15) is 0 Å². The minimum Gasteiger partial charge on any atom is -0.313 e. The Bertz CT molecular complexity index is 491. The molecule has 0 saturated carbocycles. The summed E-state index contributed by atoms with van der Waals surface area (Å²) in [5.41, 5.74) is 1.25. The van der Waals surface area contributed by atoms with Gasteiger partial charge >= 0.3 is 0 Å². The fraction of sp³-hybridized carbons (Fsp3) is 0.429. The van der Waals surface area contributed by atoms with E-state index in [1.165, 1.54) is 5.56 Å². The highest BCUT2D eigenvalue weighted by Crippen LogP contribution is 2.13. The van der Waals surface area contributed by atoms with Gasteiger partial charge in [0.25, 0.3) is 0 Å². The molecule has 1 aromatic carbocycles. The van der Waals surface area contributed by atoms with Crippen LogP contribution in [0.3, 0.4) is 0 Å². The standard InChI is InChI=1S/C14H18ClN3/c1-11(2)10-18-13(16-17-14(18)9-15)8-12-6-4-3-5-7-12/h3-7,11H,8-10H2,1-2H3. The molecule has 0 bridgehead atoms. The second kappa shape index (κ2) is 6.01. The molecule has 96 valence electrons. The summed E-state index contributed by atoms with van der Waals surface area (Å²) in [4.78, 5) is 0. The van der Waals surface area contributed by atoms with Crippen LogP contribution >= 0.6 is 11.6 Å². The van der Waals surface area contributed by atoms with Gasteiger partial charge in [0.15, 0.2) is 0 Å². The first-order chi connectivity index (χ1) is 8.70. The molecule has 2 rings (SSSR count). The van der Waals surface area contributed by atoms with Crippen molar-refractivity contribution >= 4 is 11.6 Å². The van der Waals surface area contributed by atoms with Crippen molar-refractivity contribution in [3.05, 3.63) is 47.5 Å². The van der Waals surface area contributed by atoms with E-state index in [0.29, 0.717) is 11.8 Å². The molecule has 0 radical (unpaired) electrons. The van der Waals surface area contributed by atoms with Gasteiger partial charge < -0.3 is 4.57 Å². The Hall–Kier alpha value is -1.35. The number of hydrogen-bond donors (Lipinski definition) is 0. The Balaban J connectivity index is 2.24. The summed E-state index contributed by atoms with van der Waals surface area (Å²) in [5.74, 6) is 2.81. The summed E-state index contributed by atoms with van der Waals surface area (Å²) in [6.07, 6.45) is 0.803. The minimum atomic E-state index is 0.411. The third-order valence-corrected chi connectivity index (χ3v) is 3.02. The summed E-state index contributed by atoms with van der Waals surface area (Å²) in [5, 5.41) is 8.43. The van der Waals surface area contributed by atoms with E-state index < -0.39 is 0 Å². The maximum Gasteiger partial charge on any atom is 0.147 e. The molecule has 18 heavy (non-hydrogen) atoms. The van der Waals surface area contributed by atoms with Gasteiger partial charge in [0.05, 0.1) is 5.88 Å². The molecular weight excluding hydrogens is 246 g/mol. The minimum absolute atomic E-state index is 0.411. The number of nitrogens with zero attached hydrogens (tertiary/aromatic N) is 3. The molecule has 0 aliphatic heterocycles. The molecule has 0 atom stereocenters. The van der Waals surface area contributed by atoms with Gasteiger partial charge in [-0.05, 0) is 11.5 Å². The molecule has 2 aromatic rings. The summed E-state index contributed by atoms with van der Waals surface area (Å²) in [7, 11) is 0. The maximum absolute atomic E-state index is 5.91. The van der Waals surface area contributed by atoms with E-state index in [1.807, 2.05) is 18.2 Å². The molecule has 0 saturated heterocycles. The first-order valence-corrected chi connectivity index (χ1v) is 6.75. The van der Waals surface area contributed by atoms with Crippen LogP contribution in [0.2, 0.25) is 0 Å². The number of halogens is 1. The normalized spacial score (nSPS) is 11.1. The Morgan fingerprint density at radius 3 is 2.39 bits per heavy atom. The lowest BCUT2D eigenvalue weighted by Gasteiger charge is -2.11. The molecule has 3 nitrogen and oxygen atoms in total. The average molecular weight is 264 g/mol. The van der Waals surface area contributed by atoms with Gasteiger partial charge in [-0.15, -0.1) is 21.8 Å². The van der Waals surface area contributed by atoms with Gasteiger partial charge in [0.2, 0.25) is 0 Å². The first kappa shape index (κ1) is 13.1. The third-order valence-electron chi connectivity index (χ3n) is 2.78. The van der Waals surface area contributed by atoms with Crippen molar-refractivity contribution in [1.82, 2.24) is 14.8 Å². The summed E-state index contributed by atoms with van der Waals surface area (Å²) in [6.45, 7) is 5.28. The highest BCUT2D eigenvalue weighted by atomic mass is 35.5. The molecule has 0 aliphatic carbocycles. The van der Waals surface area contributed by atoms with Crippen LogP contribution in [0.1, 0.15) is 31.1 Å². The van der Waals surface area contributed by atoms with E-state index in [2.05, 4.69) is 40.7 Å². The lowest BCUT2D eigenvalue weighted by Crippen LogP contribution is -2.11. The maximum atomic E-state index is 5.91. The Labute approximate surface area is 113 Å². The van der Waals surface area contributed by atoms with Crippen LogP contribution in [0.25, 0.3) is 0 Å². The molecule has 0 spiro atoms. The van der Waals surface area contributed by atoms with Crippen LogP contribution in [0.4, 0.5) is 0 Å². The second-order valence-corrected chi connectivity index (χ2v) is 5.10. The number of benzene rings is 1. The number of rotatable bonds is 5. The van der Waals surface area contributed by atoms with Crippen molar-refractivity contribution < 1.29 is 0 Å². The van der Waals surface area contributed by atoms with Crippen molar-refractivity contribution in [2.24, 2.45) is 5.92 Å². The number of hydrogen-bond acceptors (Lipinski definition) is 2.